The summed E-state index contributed by atoms with van der Waals surface area (Å²) in [5.41, 5.74) is 10.1. The Kier molecular flexibility index (Phi) is 3.15. The van der Waals surface area contributed by atoms with Crippen molar-refractivity contribution in [3.8, 4) is 16.9 Å². The van der Waals surface area contributed by atoms with Crippen LogP contribution in [0.2, 0.25) is 0 Å². The van der Waals surface area contributed by atoms with Crippen LogP contribution in [0.5, 0.6) is 5.75 Å². The highest BCUT2D eigenvalue weighted by Gasteiger charge is 2.09. The van der Waals surface area contributed by atoms with E-state index in [0.717, 1.165) is 28.1 Å². The van der Waals surface area contributed by atoms with Gasteiger partial charge in [0, 0.05) is 30.4 Å². The number of rotatable bonds is 3. The van der Waals surface area contributed by atoms with E-state index in [4.69, 9.17) is 10.5 Å². The number of aromatic nitrogens is 2. The molecule has 90 valence electrons. The zero-order valence-electron chi connectivity index (χ0n) is 10.4. The molecule has 4 heteroatoms. The van der Waals surface area contributed by atoms with E-state index in [1.165, 1.54) is 0 Å². The molecule has 1 heterocycles. The van der Waals surface area contributed by atoms with Gasteiger partial charge in [-0.05, 0) is 24.6 Å². The lowest BCUT2D eigenvalue weighted by Gasteiger charge is -2.09. The fourth-order valence-corrected chi connectivity index (χ4v) is 1.89. The molecule has 0 aliphatic carbocycles. The van der Waals surface area contributed by atoms with Crippen molar-refractivity contribution in [1.29, 1.82) is 0 Å². The van der Waals surface area contributed by atoms with Crippen LogP contribution in [0.25, 0.3) is 11.1 Å². The van der Waals surface area contributed by atoms with E-state index in [-0.39, 0.29) is 0 Å². The van der Waals surface area contributed by atoms with Crippen LogP contribution in [-0.4, -0.2) is 16.9 Å². The number of aryl methyl sites for hydroxylation is 1. The first-order valence-electron chi connectivity index (χ1n) is 5.53. The van der Waals surface area contributed by atoms with Gasteiger partial charge in [0.1, 0.15) is 5.75 Å². The van der Waals surface area contributed by atoms with Gasteiger partial charge in [0.25, 0.3) is 0 Å². The first-order valence-corrected chi connectivity index (χ1v) is 5.53. The molecule has 0 atom stereocenters. The maximum Gasteiger partial charge on any atom is 0.123 e. The summed E-state index contributed by atoms with van der Waals surface area (Å²) in [6.45, 7) is 2.52. The van der Waals surface area contributed by atoms with Crippen LogP contribution < -0.4 is 10.5 Å². The highest BCUT2D eigenvalue weighted by Crippen LogP contribution is 2.28. The van der Waals surface area contributed by atoms with Gasteiger partial charge >= 0.3 is 0 Å². The van der Waals surface area contributed by atoms with Gasteiger partial charge in [-0.3, -0.25) is 4.68 Å². The van der Waals surface area contributed by atoms with Crippen molar-refractivity contribution < 1.29 is 4.74 Å². The fourth-order valence-electron chi connectivity index (χ4n) is 1.89. The van der Waals surface area contributed by atoms with Crippen LogP contribution in [0.15, 0.2) is 24.4 Å². The first-order chi connectivity index (χ1) is 8.17. The van der Waals surface area contributed by atoms with Crippen molar-refractivity contribution >= 4 is 0 Å². The number of ether oxygens (including phenoxy) is 1. The summed E-state index contributed by atoms with van der Waals surface area (Å²) in [5.74, 6) is 0.831. The summed E-state index contributed by atoms with van der Waals surface area (Å²) in [6.07, 6.45) is 1.87. The Morgan fingerprint density at radius 3 is 2.71 bits per heavy atom. The van der Waals surface area contributed by atoms with E-state index >= 15 is 0 Å². The highest BCUT2D eigenvalue weighted by molar-refractivity contribution is 5.67. The molecular formula is C13H17N3O. The maximum atomic E-state index is 5.72. The van der Waals surface area contributed by atoms with E-state index in [1.807, 2.05) is 30.1 Å². The fraction of sp³-hybridized carbons (Fsp3) is 0.308. The number of benzene rings is 1. The molecule has 0 fully saturated rings. The molecule has 1 aromatic heterocycles. The second kappa shape index (κ2) is 4.59. The normalized spacial score (nSPS) is 10.6. The summed E-state index contributed by atoms with van der Waals surface area (Å²) in [6, 6.07) is 6.04. The topological polar surface area (TPSA) is 53.1 Å². The molecule has 0 aliphatic heterocycles. The quantitative estimate of drug-likeness (QED) is 0.877. The largest absolute Gasteiger partial charge is 0.496 e. The number of methoxy groups -OCH3 is 1. The standard InChI is InChI=1S/C13H17N3O/c1-9-12(8-15-16(9)2)10-4-5-13(17-3)11(6-10)7-14/h4-6,8H,7,14H2,1-3H3. The Morgan fingerprint density at radius 1 is 1.41 bits per heavy atom. The van der Waals surface area contributed by atoms with Crippen molar-refractivity contribution in [2.45, 2.75) is 13.5 Å². The zero-order valence-corrected chi connectivity index (χ0v) is 10.4. The average molecular weight is 231 g/mol. The number of nitrogens with zero attached hydrogens (tertiary/aromatic N) is 2. The van der Waals surface area contributed by atoms with Gasteiger partial charge in [-0.1, -0.05) is 6.07 Å². The Morgan fingerprint density at radius 2 is 2.18 bits per heavy atom. The molecule has 0 aliphatic rings. The van der Waals surface area contributed by atoms with Gasteiger partial charge in [0.15, 0.2) is 0 Å². The molecule has 2 aromatic rings. The molecule has 0 bridgehead atoms. The molecule has 17 heavy (non-hydrogen) atoms. The van der Waals surface area contributed by atoms with Gasteiger partial charge in [0.2, 0.25) is 0 Å². The maximum absolute atomic E-state index is 5.72. The van der Waals surface area contributed by atoms with Crippen molar-refractivity contribution in [3.63, 3.8) is 0 Å². The lowest BCUT2D eigenvalue weighted by molar-refractivity contribution is 0.410. The van der Waals surface area contributed by atoms with Crippen LogP contribution >= 0.6 is 0 Å². The van der Waals surface area contributed by atoms with E-state index in [0.29, 0.717) is 6.54 Å². The minimum absolute atomic E-state index is 0.469. The summed E-state index contributed by atoms with van der Waals surface area (Å²) in [7, 11) is 3.59. The molecule has 4 nitrogen and oxygen atoms in total. The monoisotopic (exact) mass is 231 g/mol. The van der Waals surface area contributed by atoms with Gasteiger partial charge in [-0.25, -0.2) is 0 Å². The lowest BCUT2D eigenvalue weighted by atomic mass is 10.0. The second-order valence-electron chi connectivity index (χ2n) is 4.00. The first kappa shape index (κ1) is 11.7. The summed E-state index contributed by atoms with van der Waals surface area (Å²) in [5, 5.41) is 4.24. The molecule has 0 saturated heterocycles. The van der Waals surface area contributed by atoms with Gasteiger partial charge < -0.3 is 10.5 Å². The summed E-state index contributed by atoms with van der Waals surface area (Å²) < 4.78 is 7.12. The van der Waals surface area contributed by atoms with Crippen LogP contribution in [-0.2, 0) is 13.6 Å². The van der Waals surface area contributed by atoms with Crippen molar-refractivity contribution in [2.24, 2.45) is 12.8 Å². The second-order valence-corrected chi connectivity index (χ2v) is 4.00. The molecule has 0 unspecified atom stereocenters. The minimum Gasteiger partial charge on any atom is -0.496 e. The molecule has 0 amide bonds. The highest BCUT2D eigenvalue weighted by atomic mass is 16.5. The van der Waals surface area contributed by atoms with Crippen LogP contribution in [0.4, 0.5) is 0 Å². The van der Waals surface area contributed by atoms with E-state index in [1.54, 1.807) is 7.11 Å². The van der Waals surface area contributed by atoms with Crippen LogP contribution in [0.1, 0.15) is 11.3 Å². The lowest BCUT2D eigenvalue weighted by Crippen LogP contribution is -2.00. The van der Waals surface area contributed by atoms with Crippen LogP contribution in [0, 0.1) is 6.92 Å². The Labute approximate surface area is 101 Å². The van der Waals surface area contributed by atoms with Gasteiger partial charge in [-0.15, -0.1) is 0 Å². The summed E-state index contributed by atoms with van der Waals surface area (Å²) >= 11 is 0. The van der Waals surface area contributed by atoms with Crippen molar-refractivity contribution in [3.05, 3.63) is 35.7 Å². The molecular weight excluding hydrogens is 214 g/mol. The predicted octanol–water partition coefficient (Wildman–Crippen LogP) is 1.86. The number of hydrogen-bond acceptors (Lipinski definition) is 3. The smallest absolute Gasteiger partial charge is 0.123 e. The van der Waals surface area contributed by atoms with Gasteiger partial charge in [0.05, 0.1) is 13.3 Å². The van der Waals surface area contributed by atoms with Crippen molar-refractivity contribution in [1.82, 2.24) is 9.78 Å². The Hall–Kier alpha value is -1.81. The molecule has 0 saturated carbocycles. The van der Waals surface area contributed by atoms with E-state index in [2.05, 4.69) is 18.1 Å². The third-order valence-electron chi connectivity index (χ3n) is 3.05. The zero-order chi connectivity index (χ0) is 12.4. The predicted molar refractivity (Wildman–Crippen MR) is 67.8 cm³/mol. The van der Waals surface area contributed by atoms with E-state index < -0.39 is 0 Å². The Balaban J connectivity index is 2.50. The molecule has 0 radical (unpaired) electrons. The summed E-state index contributed by atoms with van der Waals surface area (Å²) in [4.78, 5) is 0. The van der Waals surface area contributed by atoms with E-state index in [9.17, 15) is 0 Å². The molecule has 1 aromatic carbocycles. The molecule has 2 rings (SSSR count). The third-order valence-corrected chi connectivity index (χ3v) is 3.05. The van der Waals surface area contributed by atoms with Gasteiger partial charge in [-0.2, -0.15) is 5.10 Å². The van der Waals surface area contributed by atoms with Crippen molar-refractivity contribution in [2.75, 3.05) is 7.11 Å². The number of hydrogen-bond donors (Lipinski definition) is 1. The third kappa shape index (κ3) is 2.03. The molecule has 0 spiro atoms. The SMILES string of the molecule is COc1ccc(-c2cnn(C)c2C)cc1CN. The number of nitrogens with two attached hydrogens (primary N) is 1. The molecule has 2 N–H and O–H groups in total. The Bertz CT molecular complexity index is 531. The minimum atomic E-state index is 0.469. The van der Waals surface area contributed by atoms with Crippen LogP contribution in [0.3, 0.4) is 0 Å². The average Bonchev–Trinajstić information content (AvgIpc) is 2.69.